The Morgan fingerprint density at radius 3 is 2.49 bits per heavy atom. The molecule has 0 saturated heterocycles. The van der Waals surface area contributed by atoms with Crippen LogP contribution in [0.4, 0.5) is 23.7 Å². The molecule has 3 amide bonds. The van der Waals surface area contributed by atoms with Crippen LogP contribution in [0.15, 0.2) is 59.7 Å². The number of urea groups is 1. The van der Waals surface area contributed by atoms with Crippen LogP contribution in [-0.4, -0.2) is 35.0 Å². The lowest BCUT2D eigenvalue weighted by Gasteiger charge is -2.14. The Morgan fingerprint density at radius 2 is 1.84 bits per heavy atom. The lowest BCUT2D eigenvalue weighted by atomic mass is 10.2. The SMILES string of the molecule is CNC(=O)c1cc(Oc2ccc(CNC(=O)Nc3cc(C(F)(F)F)cn(COC=O)c3=O)cc2)ccn1. The van der Waals surface area contributed by atoms with E-state index in [2.05, 4.69) is 25.7 Å². The maximum absolute atomic E-state index is 13.2. The summed E-state index contributed by atoms with van der Waals surface area (Å²) in [5.41, 5.74) is -2.08. The fourth-order valence-electron chi connectivity index (χ4n) is 2.97. The number of amides is 3. The fourth-order valence-corrected chi connectivity index (χ4v) is 2.97. The predicted octanol–water partition coefficient (Wildman–Crippen LogP) is 2.87. The number of rotatable bonds is 9. The topological polar surface area (TPSA) is 141 Å². The minimum atomic E-state index is -4.81. The minimum Gasteiger partial charge on any atom is -0.457 e. The molecule has 14 heteroatoms. The third-order valence-electron chi connectivity index (χ3n) is 4.75. The van der Waals surface area contributed by atoms with Crippen LogP contribution in [0.25, 0.3) is 0 Å². The number of hydrogen-bond donors (Lipinski definition) is 3. The highest BCUT2D eigenvalue weighted by molar-refractivity contribution is 5.92. The lowest BCUT2D eigenvalue weighted by Crippen LogP contribution is -2.33. The Labute approximate surface area is 207 Å². The van der Waals surface area contributed by atoms with E-state index in [0.717, 1.165) is 0 Å². The number of ether oxygens (including phenoxy) is 2. The van der Waals surface area contributed by atoms with Gasteiger partial charge in [0.25, 0.3) is 17.9 Å². The van der Waals surface area contributed by atoms with E-state index in [1.807, 2.05) is 0 Å². The van der Waals surface area contributed by atoms with Gasteiger partial charge in [-0.3, -0.25) is 23.9 Å². The van der Waals surface area contributed by atoms with Gasteiger partial charge in [-0.1, -0.05) is 12.1 Å². The largest absolute Gasteiger partial charge is 0.457 e. The van der Waals surface area contributed by atoms with Crippen LogP contribution in [0.2, 0.25) is 0 Å². The summed E-state index contributed by atoms with van der Waals surface area (Å²) in [6, 6.07) is 9.05. The number of carbonyl (C=O) groups is 3. The van der Waals surface area contributed by atoms with Gasteiger partial charge in [0, 0.05) is 32.1 Å². The van der Waals surface area contributed by atoms with Crippen LogP contribution in [0, 0.1) is 0 Å². The molecule has 0 radical (unpaired) electrons. The molecule has 0 saturated carbocycles. The Morgan fingerprint density at radius 1 is 1.11 bits per heavy atom. The summed E-state index contributed by atoms with van der Waals surface area (Å²) in [7, 11) is 1.48. The number of nitrogens with zero attached hydrogens (tertiary/aromatic N) is 2. The van der Waals surface area contributed by atoms with E-state index in [1.54, 1.807) is 30.3 Å². The molecule has 11 nitrogen and oxygen atoms in total. The third-order valence-corrected chi connectivity index (χ3v) is 4.75. The summed E-state index contributed by atoms with van der Waals surface area (Å²) in [5.74, 6) is 0.442. The van der Waals surface area contributed by atoms with E-state index < -0.39 is 35.7 Å². The lowest BCUT2D eigenvalue weighted by molar-refractivity contribution is -0.138. The second-order valence-corrected chi connectivity index (χ2v) is 7.32. The standard InChI is InChI=1S/C23H20F3N5O6/c1-27-20(33)18-9-17(6-7-28-18)37-16-4-2-14(3-5-16)10-29-22(35)30-19-8-15(23(24,25)26)11-31(21(19)34)12-36-13-32/h2-9,11,13H,10,12H2,1H3,(H,27,33)(H2,29,30,35). The smallest absolute Gasteiger partial charge is 0.417 e. The van der Waals surface area contributed by atoms with Crippen LogP contribution in [-0.2, 0) is 29.0 Å². The molecule has 0 aliphatic carbocycles. The highest BCUT2D eigenvalue weighted by atomic mass is 19.4. The van der Waals surface area contributed by atoms with Crippen molar-refractivity contribution in [3.63, 3.8) is 0 Å². The van der Waals surface area contributed by atoms with Crippen molar-refractivity contribution in [1.82, 2.24) is 20.2 Å². The molecule has 0 aliphatic heterocycles. The first-order valence-corrected chi connectivity index (χ1v) is 10.5. The van der Waals surface area contributed by atoms with Crippen LogP contribution in [0.5, 0.6) is 11.5 Å². The average molecular weight is 519 g/mol. The third kappa shape index (κ3) is 7.30. The first-order valence-electron chi connectivity index (χ1n) is 10.5. The van der Waals surface area contributed by atoms with Crippen LogP contribution in [0.3, 0.4) is 0 Å². The van der Waals surface area contributed by atoms with E-state index in [1.165, 1.54) is 19.3 Å². The van der Waals surface area contributed by atoms with Crippen LogP contribution < -0.4 is 26.2 Å². The van der Waals surface area contributed by atoms with Gasteiger partial charge in [0.1, 0.15) is 22.9 Å². The Hall–Kier alpha value is -4.88. The van der Waals surface area contributed by atoms with Gasteiger partial charge in [-0.2, -0.15) is 13.2 Å². The van der Waals surface area contributed by atoms with Gasteiger partial charge in [0.05, 0.1) is 5.56 Å². The first-order chi connectivity index (χ1) is 17.6. The molecule has 0 spiro atoms. The second kappa shape index (κ2) is 11.7. The summed E-state index contributed by atoms with van der Waals surface area (Å²) in [6.07, 6.45) is -2.91. The molecule has 0 bridgehead atoms. The molecule has 3 rings (SSSR count). The van der Waals surface area contributed by atoms with Crippen molar-refractivity contribution in [1.29, 1.82) is 0 Å². The highest BCUT2D eigenvalue weighted by Crippen LogP contribution is 2.29. The number of halogens is 3. The second-order valence-electron chi connectivity index (χ2n) is 7.32. The van der Waals surface area contributed by atoms with Crippen molar-refractivity contribution in [2.75, 3.05) is 12.4 Å². The van der Waals surface area contributed by atoms with Gasteiger partial charge in [-0.15, -0.1) is 0 Å². The van der Waals surface area contributed by atoms with Gasteiger partial charge in [-0.05, 0) is 29.8 Å². The predicted molar refractivity (Wildman–Crippen MR) is 123 cm³/mol. The van der Waals surface area contributed by atoms with Gasteiger partial charge in [0.15, 0.2) is 6.73 Å². The van der Waals surface area contributed by atoms with Crippen molar-refractivity contribution >= 4 is 24.1 Å². The first kappa shape index (κ1) is 26.7. The highest BCUT2D eigenvalue weighted by Gasteiger charge is 2.32. The summed E-state index contributed by atoms with van der Waals surface area (Å²) < 4.78 is 50.0. The number of benzene rings is 1. The molecule has 0 atom stereocenters. The molecule has 3 aromatic rings. The van der Waals surface area contributed by atoms with E-state index in [-0.39, 0.29) is 24.6 Å². The normalized spacial score (nSPS) is 10.8. The molecular weight excluding hydrogens is 499 g/mol. The van der Waals surface area contributed by atoms with Crippen molar-refractivity contribution < 1.29 is 37.0 Å². The maximum atomic E-state index is 13.2. The Bertz CT molecular complexity index is 1340. The van der Waals surface area contributed by atoms with Crippen LogP contribution in [0.1, 0.15) is 21.6 Å². The number of carbonyl (C=O) groups excluding carboxylic acids is 3. The maximum Gasteiger partial charge on any atom is 0.417 e. The Kier molecular flexibility index (Phi) is 8.45. The zero-order chi connectivity index (χ0) is 27.0. The summed E-state index contributed by atoms with van der Waals surface area (Å²) in [4.78, 5) is 50.6. The van der Waals surface area contributed by atoms with Gasteiger partial charge >= 0.3 is 12.2 Å². The van der Waals surface area contributed by atoms with Crippen molar-refractivity contribution in [2.45, 2.75) is 19.5 Å². The number of anilines is 1. The number of pyridine rings is 2. The molecule has 37 heavy (non-hydrogen) atoms. The van der Waals surface area contributed by atoms with Gasteiger partial charge in [0.2, 0.25) is 0 Å². The number of nitrogens with one attached hydrogen (secondary N) is 3. The van der Waals surface area contributed by atoms with Gasteiger partial charge < -0.3 is 25.4 Å². The molecule has 0 unspecified atom stereocenters. The Balaban J connectivity index is 1.63. The molecule has 2 heterocycles. The van der Waals surface area contributed by atoms with Crippen molar-refractivity contribution in [3.8, 4) is 11.5 Å². The zero-order valence-corrected chi connectivity index (χ0v) is 19.2. The van der Waals surface area contributed by atoms with Crippen molar-refractivity contribution in [3.05, 3.63) is 82.0 Å². The van der Waals surface area contributed by atoms with Crippen LogP contribution >= 0.6 is 0 Å². The van der Waals surface area contributed by atoms with E-state index in [0.29, 0.717) is 33.9 Å². The average Bonchev–Trinajstić information content (AvgIpc) is 2.87. The number of hydrogen-bond acceptors (Lipinski definition) is 7. The van der Waals surface area contributed by atoms with Crippen molar-refractivity contribution in [2.24, 2.45) is 0 Å². The zero-order valence-electron chi connectivity index (χ0n) is 19.2. The molecule has 194 valence electrons. The quantitative estimate of drug-likeness (QED) is 0.369. The molecule has 2 aromatic heterocycles. The number of alkyl halides is 3. The summed E-state index contributed by atoms with van der Waals surface area (Å²) in [5, 5.41) is 6.97. The molecular formula is C23H20F3N5O6. The summed E-state index contributed by atoms with van der Waals surface area (Å²) in [6.45, 7) is -0.810. The molecule has 3 N–H and O–H groups in total. The number of aromatic nitrogens is 2. The monoisotopic (exact) mass is 519 g/mol. The van der Waals surface area contributed by atoms with Gasteiger partial charge in [-0.25, -0.2) is 4.79 Å². The fraction of sp³-hybridized carbons (Fsp3) is 0.174. The molecule has 0 aliphatic rings. The molecule has 0 fully saturated rings. The summed E-state index contributed by atoms with van der Waals surface area (Å²) >= 11 is 0. The van der Waals surface area contributed by atoms with E-state index in [9.17, 15) is 32.3 Å². The molecule has 1 aromatic carbocycles. The minimum absolute atomic E-state index is 0.0242. The van der Waals surface area contributed by atoms with E-state index in [4.69, 9.17) is 4.74 Å². The van der Waals surface area contributed by atoms with E-state index >= 15 is 0 Å².